The van der Waals surface area contributed by atoms with Crippen LogP contribution in [-0.4, -0.2) is 17.4 Å². The maximum absolute atomic E-state index is 11.5. The van der Waals surface area contributed by atoms with Crippen molar-refractivity contribution in [1.29, 1.82) is 0 Å². The number of carbonyl (C=O) groups excluding carboxylic acids is 2. The van der Waals surface area contributed by atoms with E-state index in [-0.39, 0.29) is 11.3 Å². The van der Waals surface area contributed by atoms with Crippen LogP contribution in [-0.2, 0) is 11.2 Å². The van der Waals surface area contributed by atoms with Crippen LogP contribution in [0.4, 0.5) is 5.69 Å². The molecule has 0 aliphatic carbocycles. The Bertz CT molecular complexity index is 709. The predicted octanol–water partition coefficient (Wildman–Crippen LogP) is 2.39. The molecule has 0 aliphatic heterocycles. The van der Waals surface area contributed by atoms with E-state index in [0.717, 1.165) is 11.1 Å². The number of anilines is 1. The summed E-state index contributed by atoms with van der Waals surface area (Å²) in [5.74, 6) is -0.663. The summed E-state index contributed by atoms with van der Waals surface area (Å²) < 4.78 is 0. The topological polar surface area (TPSA) is 92.4 Å². The van der Waals surface area contributed by atoms with E-state index in [0.29, 0.717) is 18.3 Å². The first-order valence-corrected chi connectivity index (χ1v) is 6.69. The van der Waals surface area contributed by atoms with Gasteiger partial charge in [0.25, 0.3) is 5.91 Å². The van der Waals surface area contributed by atoms with Gasteiger partial charge in [-0.05, 0) is 35.8 Å². The Balaban J connectivity index is 2.55. The van der Waals surface area contributed by atoms with Crippen molar-refractivity contribution in [2.45, 2.75) is 6.42 Å². The van der Waals surface area contributed by atoms with Crippen molar-refractivity contribution in [2.24, 2.45) is 5.73 Å². The Morgan fingerprint density at radius 1 is 1.18 bits per heavy atom. The molecule has 0 atom stereocenters. The van der Waals surface area contributed by atoms with Gasteiger partial charge in [0.05, 0.1) is 11.3 Å². The first-order valence-electron chi connectivity index (χ1n) is 6.69. The zero-order chi connectivity index (χ0) is 15.9. The number of nitrogens with one attached hydrogen (secondary N) is 1. The Kier molecular flexibility index (Phi) is 5.06. The zero-order valence-electron chi connectivity index (χ0n) is 11.8. The van der Waals surface area contributed by atoms with Crippen molar-refractivity contribution in [3.63, 3.8) is 0 Å². The molecule has 0 aromatic heterocycles. The minimum Gasteiger partial charge on any atom is -0.366 e. The number of benzene rings is 2. The fraction of sp³-hybridized carbons (Fsp3) is 0.0588. The largest absolute Gasteiger partial charge is 0.366 e. The van der Waals surface area contributed by atoms with Gasteiger partial charge in [0.1, 0.15) is 6.29 Å². The average molecular weight is 296 g/mol. The van der Waals surface area contributed by atoms with Gasteiger partial charge in [0.15, 0.2) is 0 Å². The first-order chi connectivity index (χ1) is 10.7. The lowest BCUT2D eigenvalue weighted by Gasteiger charge is -2.14. The predicted molar refractivity (Wildman–Crippen MR) is 84.7 cm³/mol. The van der Waals surface area contributed by atoms with Gasteiger partial charge >= 0.3 is 0 Å². The normalized spacial score (nSPS) is 10.6. The SMILES string of the molecule is NC(=O)c1ccc(Cc2ccccc2)c(/C=C/C=O)c1NO. The molecule has 0 spiro atoms. The summed E-state index contributed by atoms with van der Waals surface area (Å²) >= 11 is 0. The quantitative estimate of drug-likeness (QED) is 0.433. The third-order valence-electron chi connectivity index (χ3n) is 3.29. The van der Waals surface area contributed by atoms with E-state index >= 15 is 0 Å². The number of hydrogen-bond acceptors (Lipinski definition) is 4. The number of nitrogens with two attached hydrogens (primary N) is 1. The molecule has 0 bridgehead atoms. The van der Waals surface area contributed by atoms with Crippen LogP contribution < -0.4 is 11.2 Å². The molecule has 112 valence electrons. The Morgan fingerprint density at radius 3 is 2.50 bits per heavy atom. The van der Waals surface area contributed by atoms with Crippen molar-refractivity contribution in [3.8, 4) is 0 Å². The smallest absolute Gasteiger partial charge is 0.250 e. The number of hydrogen-bond donors (Lipinski definition) is 3. The number of amides is 1. The first kappa shape index (κ1) is 15.5. The third-order valence-corrected chi connectivity index (χ3v) is 3.29. The molecule has 4 N–H and O–H groups in total. The molecule has 0 radical (unpaired) electrons. The molecule has 0 unspecified atom stereocenters. The highest BCUT2D eigenvalue weighted by Crippen LogP contribution is 2.27. The van der Waals surface area contributed by atoms with Gasteiger partial charge < -0.3 is 5.73 Å². The van der Waals surface area contributed by atoms with Crippen LogP contribution in [0.2, 0.25) is 0 Å². The summed E-state index contributed by atoms with van der Waals surface area (Å²) in [6.07, 6.45) is 4.06. The lowest BCUT2D eigenvalue weighted by molar-refractivity contribution is -0.104. The number of allylic oxidation sites excluding steroid dienone is 1. The van der Waals surface area contributed by atoms with Gasteiger partial charge in [-0.1, -0.05) is 36.4 Å². The van der Waals surface area contributed by atoms with Gasteiger partial charge in [-0.25, -0.2) is 0 Å². The zero-order valence-corrected chi connectivity index (χ0v) is 11.8. The lowest BCUT2D eigenvalue weighted by Crippen LogP contribution is -2.15. The summed E-state index contributed by atoms with van der Waals surface area (Å²) in [7, 11) is 0. The van der Waals surface area contributed by atoms with E-state index in [1.807, 2.05) is 35.8 Å². The molecule has 2 aromatic rings. The number of carbonyl (C=O) groups is 2. The van der Waals surface area contributed by atoms with E-state index in [1.54, 1.807) is 12.1 Å². The van der Waals surface area contributed by atoms with Crippen LogP contribution in [0.1, 0.15) is 27.0 Å². The summed E-state index contributed by atoms with van der Waals surface area (Å²) in [4.78, 5) is 22.1. The lowest BCUT2D eigenvalue weighted by atomic mass is 9.95. The average Bonchev–Trinajstić information content (AvgIpc) is 2.53. The Labute approximate surface area is 128 Å². The highest BCUT2D eigenvalue weighted by molar-refractivity contribution is 6.01. The highest BCUT2D eigenvalue weighted by Gasteiger charge is 2.15. The van der Waals surface area contributed by atoms with Crippen molar-refractivity contribution in [1.82, 2.24) is 0 Å². The third kappa shape index (κ3) is 3.39. The van der Waals surface area contributed by atoms with Crippen LogP contribution in [0.15, 0.2) is 48.5 Å². The van der Waals surface area contributed by atoms with Gasteiger partial charge in [0, 0.05) is 5.56 Å². The highest BCUT2D eigenvalue weighted by atomic mass is 16.5. The molecule has 0 saturated carbocycles. The van der Waals surface area contributed by atoms with Crippen LogP contribution in [0.3, 0.4) is 0 Å². The van der Waals surface area contributed by atoms with Crippen molar-refractivity contribution < 1.29 is 14.8 Å². The Hall–Kier alpha value is -2.92. The molecule has 22 heavy (non-hydrogen) atoms. The number of aldehydes is 1. The van der Waals surface area contributed by atoms with E-state index in [1.165, 1.54) is 12.2 Å². The maximum atomic E-state index is 11.5. The molecule has 0 heterocycles. The fourth-order valence-corrected chi connectivity index (χ4v) is 2.28. The molecule has 2 aromatic carbocycles. The Morgan fingerprint density at radius 2 is 1.91 bits per heavy atom. The standard InChI is InChI=1S/C17H16N2O3/c18-17(21)15-9-8-13(11-12-5-2-1-3-6-12)14(7-4-10-20)16(15)19-22/h1-10,19,22H,11H2,(H2,18,21)/b7-4+. The van der Waals surface area contributed by atoms with Gasteiger partial charge in [0.2, 0.25) is 0 Å². The fourth-order valence-electron chi connectivity index (χ4n) is 2.28. The number of primary amides is 1. The van der Waals surface area contributed by atoms with E-state index < -0.39 is 5.91 Å². The maximum Gasteiger partial charge on any atom is 0.250 e. The number of rotatable bonds is 6. The van der Waals surface area contributed by atoms with Crippen LogP contribution in [0, 0.1) is 0 Å². The van der Waals surface area contributed by atoms with Crippen LogP contribution in [0.5, 0.6) is 0 Å². The van der Waals surface area contributed by atoms with E-state index in [9.17, 15) is 14.8 Å². The van der Waals surface area contributed by atoms with Crippen molar-refractivity contribution >= 4 is 24.0 Å². The van der Waals surface area contributed by atoms with Crippen LogP contribution >= 0.6 is 0 Å². The van der Waals surface area contributed by atoms with E-state index in [2.05, 4.69) is 0 Å². The van der Waals surface area contributed by atoms with Crippen molar-refractivity contribution in [3.05, 3.63) is 70.8 Å². The molecule has 0 saturated heterocycles. The molecule has 2 rings (SSSR count). The molecule has 0 fully saturated rings. The summed E-state index contributed by atoms with van der Waals surface area (Å²) in [6, 6.07) is 13.0. The van der Waals surface area contributed by atoms with Crippen molar-refractivity contribution in [2.75, 3.05) is 5.48 Å². The second-order valence-corrected chi connectivity index (χ2v) is 4.69. The summed E-state index contributed by atoms with van der Waals surface area (Å²) in [5.41, 5.74) is 10.1. The molecule has 1 amide bonds. The van der Waals surface area contributed by atoms with Gasteiger partial charge in [-0.2, -0.15) is 0 Å². The molecule has 5 nitrogen and oxygen atoms in total. The minimum atomic E-state index is -0.663. The molecule has 0 aliphatic rings. The second kappa shape index (κ2) is 7.19. The van der Waals surface area contributed by atoms with Gasteiger partial charge in [-0.3, -0.25) is 20.3 Å². The molecular formula is C17H16N2O3. The van der Waals surface area contributed by atoms with Crippen LogP contribution in [0.25, 0.3) is 6.08 Å². The van der Waals surface area contributed by atoms with E-state index in [4.69, 9.17) is 5.73 Å². The summed E-state index contributed by atoms with van der Waals surface area (Å²) in [5, 5.41) is 9.36. The van der Waals surface area contributed by atoms with Gasteiger partial charge in [-0.15, -0.1) is 0 Å². The summed E-state index contributed by atoms with van der Waals surface area (Å²) in [6.45, 7) is 0. The second-order valence-electron chi connectivity index (χ2n) is 4.69. The molecule has 5 heteroatoms. The molecular weight excluding hydrogens is 280 g/mol. The monoisotopic (exact) mass is 296 g/mol. The minimum absolute atomic E-state index is 0.157.